The molecule has 1 aromatic carbocycles. The summed E-state index contributed by atoms with van der Waals surface area (Å²) >= 11 is 1.28. The Morgan fingerprint density at radius 3 is 2.48 bits per heavy atom. The summed E-state index contributed by atoms with van der Waals surface area (Å²) in [5.74, 6) is -2.44. The predicted molar refractivity (Wildman–Crippen MR) is 84.6 cm³/mol. The predicted octanol–water partition coefficient (Wildman–Crippen LogP) is 3.07. The molecule has 2 N–H and O–H groups in total. The van der Waals surface area contributed by atoms with E-state index in [1.807, 2.05) is 13.0 Å². The molecule has 1 aromatic heterocycles. The van der Waals surface area contributed by atoms with Crippen LogP contribution in [-0.2, 0) is 4.79 Å². The van der Waals surface area contributed by atoms with E-state index in [0.717, 1.165) is 16.5 Å². The van der Waals surface area contributed by atoms with Crippen LogP contribution in [0, 0.1) is 19.7 Å². The summed E-state index contributed by atoms with van der Waals surface area (Å²) < 4.78 is 18.6. The molecule has 0 bridgehead atoms. The smallest absolute Gasteiger partial charge is 0.330 e. The average molecular weight is 337 g/mol. The van der Waals surface area contributed by atoms with Crippen molar-refractivity contribution in [2.45, 2.75) is 19.9 Å². The lowest BCUT2D eigenvalue weighted by molar-refractivity contribution is -0.139. The molecule has 2 aromatic rings. The molecule has 7 heteroatoms. The van der Waals surface area contributed by atoms with Gasteiger partial charge in [-0.25, -0.2) is 9.18 Å². The molecule has 1 unspecified atom stereocenters. The number of ether oxygens (including phenoxy) is 1. The lowest BCUT2D eigenvalue weighted by atomic mass is 10.1. The van der Waals surface area contributed by atoms with Crippen LogP contribution < -0.4 is 10.1 Å². The average Bonchev–Trinajstić information content (AvgIpc) is 2.83. The lowest BCUT2D eigenvalue weighted by Gasteiger charge is -2.15. The van der Waals surface area contributed by atoms with Gasteiger partial charge in [0.25, 0.3) is 5.91 Å². The van der Waals surface area contributed by atoms with Gasteiger partial charge in [-0.05, 0) is 43.2 Å². The third kappa shape index (κ3) is 3.68. The van der Waals surface area contributed by atoms with Gasteiger partial charge in [0, 0.05) is 4.88 Å². The molecule has 0 fully saturated rings. The number of rotatable bonds is 5. The summed E-state index contributed by atoms with van der Waals surface area (Å²) in [6, 6.07) is 4.29. The number of carboxylic acids is 1. The number of halogens is 1. The van der Waals surface area contributed by atoms with Crippen molar-refractivity contribution in [3.63, 3.8) is 0 Å². The number of aryl methyl sites for hydroxylation is 2. The summed E-state index contributed by atoms with van der Waals surface area (Å²) in [6.07, 6.45) is 0. The molecule has 0 aliphatic carbocycles. The number of amides is 1. The van der Waals surface area contributed by atoms with E-state index >= 15 is 0 Å². The fourth-order valence-electron chi connectivity index (χ4n) is 2.21. The number of nitrogens with one attached hydrogen (secondary N) is 1. The van der Waals surface area contributed by atoms with Crippen molar-refractivity contribution in [1.29, 1.82) is 0 Å². The van der Waals surface area contributed by atoms with Crippen LogP contribution in [0.4, 0.5) is 4.39 Å². The SMILES string of the molecule is COc1ccc(C(NC(=O)c2sc(C)cc2C)C(=O)O)cc1F. The highest BCUT2D eigenvalue weighted by molar-refractivity contribution is 7.14. The maximum absolute atomic E-state index is 13.8. The van der Waals surface area contributed by atoms with Gasteiger partial charge in [-0.3, -0.25) is 4.79 Å². The van der Waals surface area contributed by atoms with Crippen molar-refractivity contribution in [2.75, 3.05) is 7.11 Å². The van der Waals surface area contributed by atoms with Crippen LogP contribution in [0.2, 0.25) is 0 Å². The van der Waals surface area contributed by atoms with Gasteiger partial charge in [-0.15, -0.1) is 11.3 Å². The third-order valence-electron chi connectivity index (χ3n) is 3.28. The minimum atomic E-state index is -1.34. The summed E-state index contributed by atoms with van der Waals surface area (Å²) in [7, 11) is 1.32. The fourth-order valence-corrected chi connectivity index (χ4v) is 3.14. The van der Waals surface area contributed by atoms with Crippen molar-refractivity contribution >= 4 is 23.2 Å². The topological polar surface area (TPSA) is 75.6 Å². The number of hydrogen-bond acceptors (Lipinski definition) is 4. The van der Waals surface area contributed by atoms with E-state index in [2.05, 4.69) is 5.32 Å². The zero-order valence-corrected chi connectivity index (χ0v) is 13.7. The maximum Gasteiger partial charge on any atom is 0.330 e. The second kappa shape index (κ2) is 6.78. The molecule has 1 atom stereocenters. The molecule has 0 radical (unpaired) electrons. The van der Waals surface area contributed by atoms with E-state index in [4.69, 9.17) is 4.74 Å². The standard InChI is InChI=1S/C16H16FNO4S/c1-8-6-9(2)23-14(8)15(19)18-13(16(20)21)10-4-5-12(22-3)11(17)7-10/h4-7,13H,1-3H3,(H,18,19)(H,20,21). The normalized spacial score (nSPS) is 11.8. The molecule has 122 valence electrons. The molecule has 2 rings (SSSR count). The van der Waals surface area contributed by atoms with Crippen LogP contribution in [-0.4, -0.2) is 24.1 Å². The second-order valence-electron chi connectivity index (χ2n) is 5.01. The first kappa shape index (κ1) is 17.0. The molecular weight excluding hydrogens is 321 g/mol. The summed E-state index contributed by atoms with van der Waals surface area (Å²) in [6.45, 7) is 3.64. The van der Waals surface area contributed by atoms with Gasteiger partial charge in [0.05, 0.1) is 12.0 Å². The quantitative estimate of drug-likeness (QED) is 0.879. The highest BCUT2D eigenvalue weighted by atomic mass is 32.1. The van der Waals surface area contributed by atoms with Gasteiger partial charge in [-0.1, -0.05) is 6.07 Å². The molecule has 0 saturated carbocycles. The van der Waals surface area contributed by atoms with Crippen molar-refractivity contribution in [3.8, 4) is 5.75 Å². The minimum absolute atomic E-state index is 0.00828. The summed E-state index contributed by atoms with van der Waals surface area (Å²) in [4.78, 5) is 25.2. The van der Waals surface area contributed by atoms with E-state index in [-0.39, 0.29) is 11.3 Å². The van der Waals surface area contributed by atoms with Crippen LogP contribution in [0.25, 0.3) is 0 Å². The van der Waals surface area contributed by atoms with Gasteiger partial charge < -0.3 is 15.2 Å². The Bertz CT molecular complexity index is 757. The fraction of sp³-hybridized carbons (Fsp3) is 0.250. The van der Waals surface area contributed by atoms with Gasteiger partial charge in [0.15, 0.2) is 17.6 Å². The number of thiophene rings is 1. The second-order valence-corrected chi connectivity index (χ2v) is 6.26. The molecular formula is C16H16FNO4S. The van der Waals surface area contributed by atoms with Crippen molar-refractivity contribution in [2.24, 2.45) is 0 Å². The number of carbonyl (C=O) groups is 2. The Labute approximate surface area is 136 Å². The third-order valence-corrected chi connectivity index (χ3v) is 4.43. The van der Waals surface area contributed by atoms with Crippen LogP contribution in [0.15, 0.2) is 24.3 Å². The molecule has 23 heavy (non-hydrogen) atoms. The molecule has 0 saturated heterocycles. The van der Waals surface area contributed by atoms with Gasteiger partial charge in [-0.2, -0.15) is 0 Å². The van der Waals surface area contributed by atoms with Crippen molar-refractivity contribution in [1.82, 2.24) is 5.32 Å². The number of carbonyl (C=O) groups excluding carboxylic acids is 1. The van der Waals surface area contributed by atoms with Gasteiger partial charge in [0.1, 0.15) is 0 Å². The van der Waals surface area contributed by atoms with Crippen LogP contribution >= 0.6 is 11.3 Å². The monoisotopic (exact) mass is 337 g/mol. The number of aliphatic carboxylic acids is 1. The highest BCUT2D eigenvalue weighted by Crippen LogP contribution is 2.25. The first-order valence-corrected chi connectivity index (χ1v) is 7.59. The minimum Gasteiger partial charge on any atom is -0.494 e. The number of benzene rings is 1. The van der Waals surface area contributed by atoms with Crippen molar-refractivity contribution in [3.05, 3.63) is 51.0 Å². The van der Waals surface area contributed by atoms with Crippen LogP contribution in [0.1, 0.15) is 31.7 Å². The maximum atomic E-state index is 13.8. The largest absolute Gasteiger partial charge is 0.494 e. The molecule has 0 aliphatic heterocycles. The Hall–Kier alpha value is -2.41. The Morgan fingerprint density at radius 2 is 2.00 bits per heavy atom. The molecule has 5 nitrogen and oxygen atoms in total. The van der Waals surface area contributed by atoms with Crippen LogP contribution in [0.5, 0.6) is 5.75 Å². The highest BCUT2D eigenvalue weighted by Gasteiger charge is 2.25. The molecule has 1 amide bonds. The Kier molecular flexibility index (Phi) is 5.00. The zero-order valence-electron chi connectivity index (χ0n) is 12.8. The van der Waals surface area contributed by atoms with E-state index < -0.39 is 23.7 Å². The van der Waals surface area contributed by atoms with E-state index in [0.29, 0.717) is 4.88 Å². The summed E-state index contributed by atoms with van der Waals surface area (Å²) in [5, 5.41) is 11.8. The molecule has 0 spiro atoms. The first-order chi connectivity index (χ1) is 10.8. The number of carboxylic acid groups (broad SMARTS) is 1. The van der Waals surface area contributed by atoms with Gasteiger partial charge in [0.2, 0.25) is 0 Å². The number of hydrogen-bond donors (Lipinski definition) is 2. The molecule has 0 aliphatic rings. The van der Waals surface area contributed by atoms with E-state index in [9.17, 15) is 19.1 Å². The van der Waals surface area contributed by atoms with Gasteiger partial charge >= 0.3 is 5.97 Å². The van der Waals surface area contributed by atoms with Crippen LogP contribution in [0.3, 0.4) is 0 Å². The Balaban J connectivity index is 2.29. The van der Waals surface area contributed by atoms with E-state index in [1.165, 1.54) is 30.6 Å². The number of methoxy groups -OCH3 is 1. The van der Waals surface area contributed by atoms with Crippen molar-refractivity contribution < 1.29 is 23.8 Å². The first-order valence-electron chi connectivity index (χ1n) is 6.77. The zero-order chi connectivity index (χ0) is 17.1. The Morgan fingerprint density at radius 1 is 1.30 bits per heavy atom. The lowest BCUT2D eigenvalue weighted by Crippen LogP contribution is -2.33. The summed E-state index contributed by atoms with van der Waals surface area (Å²) in [5.41, 5.74) is 0.908. The van der Waals surface area contributed by atoms with E-state index in [1.54, 1.807) is 6.92 Å². The molecule has 1 heterocycles.